The maximum absolute atomic E-state index is 11.4. The normalized spacial score (nSPS) is 13.2. The first-order valence-corrected chi connectivity index (χ1v) is 7.25. The highest BCUT2D eigenvalue weighted by Gasteiger charge is 2.28. The van der Waals surface area contributed by atoms with E-state index in [1.807, 2.05) is 0 Å². The smallest absolute Gasteiger partial charge is 0.223 e. The average molecular weight is 253 g/mol. The molecular weight excluding hydrogens is 222 g/mol. The van der Waals surface area contributed by atoms with E-state index in [4.69, 9.17) is 0 Å². The second-order valence-electron chi connectivity index (χ2n) is 6.07. The topological polar surface area (TPSA) is 20.3 Å². The van der Waals surface area contributed by atoms with Crippen LogP contribution >= 0.6 is 0 Å². The number of rotatable bonds is 9. The Morgan fingerprint density at radius 2 is 1.94 bits per heavy atom. The highest BCUT2D eigenvalue weighted by molar-refractivity contribution is 5.74. The molecule has 0 heterocycles. The van der Waals surface area contributed by atoms with Crippen LogP contribution in [0.3, 0.4) is 0 Å². The van der Waals surface area contributed by atoms with Crippen LogP contribution in [0.1, 0.15) is 66.7 Å². The molecule has 0 aromatic carbocycles. The van der Waals surface area contributed by atoms with Crippen LogP contribution in [0.25, 0.3) is 0 Å². The van der Waals surface area contributed by atoms with E-state index in [2.05, 4.69) is 34.3 Å². The second kappa shape index (κ2) is 8.34. The van der Waals surface area contributed by atoms with E-state index in [0.29, 0.717) is 5.92 Å². The molecule has 106 valence electrons. The minimum Gasteiger partial charge on any atom is -0.319 e. The molecule has 0 aromatic heterocycles. The van der Waals surface area contributed by atoms with Crippen LogP contribution in [0.4, 0.5) is 0 Å². The molecule has 0 radical (unpaired) electrons. The largest absolute Gasteiger partial charge is 0.319 e. The number of amides is 1. The molecule has 18 heavy (non-hydrogen) atoms. The van der Waals surface area contributed by atoms with Gasteiger partial charge in [0, 0.05) is 13.5 Å². The number of carbonyl (C=O) groups is 1. The van der Waals surface area contributed by atoms with E-state index < -0.39 is 0 Å². The van der Waals surface area contributed by atoms with Gasteiger partial charge in [-0.05, 0) is 17.5 Å². The van der Waals surface area contributed by atoms with Gasteiger partial charge in [0.1, 0.15) is 0 Å². The van der Waals surface area contributed by atoms with Gasteiger partial charge in [0.15, 0.2) is 0 Å². The number of nitrogens with zero attached hydrogens (tertiary/aromatic N) is 1. The summed E-state index contributed by atoms with van der Waals surface area (Å²) in [4.78, 5) is 13.2. The van der Waals surface area contributed by atoms with Crippen molar-refractivity contribution in [3.05, 3.63) is 12.8 Å². The van der Waals surface area contributed by atoms with Gasteiger partial charge < -0.3 is 4.90 Å². The van der Waals surface area contributed by atoms with Gasteiger partial charge in [0.05, 0.1) is 0 Å². The predicted molar refractivity (Wildman–Crippen MR) is 79.3 cm³/mol. The second-order valence-corrected chi connectivity index (χ2v) is 6.07. The Balaban J connectivity index is 4.24. The Labute approximate surface area is 113 Å². The third kappa shape index (κ3) is 6.23. The summed E-state index contributed by atoms with van der Waals surface area (Å²) in [5.74, 6) is 0.701. The molecular formula is C16H31NO. The fourth-order valence-corrected chi connectivity index (χ4v) is 2.17. The number of hydrogen-bond acceptors (Lipinski definition) is 1. The van der Waals surface area contributed by atoms with Gasteiger partial charge in [0.25, 0.3) is 0 Å². The van der Waals surface area contributed by atoms with Crippen molar-refractivity contribution < 1.29 is 4.79 Å². The first kappa shape index (κ1) is 17.2. The average Bonchev–Trinajstić information content (AvgIpc) is 2.31. The van der Waals surface area contributed by atoms with Crippen molar-refractivity contribution in [2.24, 2.45) is 11.3 Å². The Hall–Kier alpha value is -0.790. The predicted octanol–water partition coefficient (Wildman–Crippen LogP) is 4.61. The highest BCUT2D eigenvalue weighted by atomic mass is 16.2. The molecule has 0 bridgehead atoms. The molecule has 0 aromatic rings. The Bertz CT molecular complexity index is 258. The van der Waals surface area contributed by atoms with E-state index in [0.717, 1.165) is 6.54 Å². The lowest BCUT2D eigenvalue weighted by Crippen LogP contribution is -2.37. The summed E-state index contributed by atoms with van der Waals surface area (Å²) < 4.78 is 0. The third-order valence-corrected chi connectivity index (χ3v) is 4.03. The minimum absolute atomic E-state index is 0.0799. The van der Waals surface area contributed by atoms with Gasteiger partial charge in [-0.2, -0.15) is 0 Å². The van der Waals surface area contributed by atoms with Crippen LogP contribution in [0, 0.1) is 11.3 Å². The molecule has 0 spiro atoms. The van der Waals surface area contributed by atoms with Gasteiger partial charge in [0.2, 0.25) is 5.91 Å². The molecule has 2 heteroatoms. The lowest BCUT2D eigenvalue weighted by atomic mass is 9.77. The molecule has 0 N–H and O–H groups in total. The van der Waals surface area contributed by atoms with Gasteiger partial charge in [-0.3, -0.25) is 4.79 Å². The summed E-state index contributed by atoms with van der Waals surface area (Å²) in [6, 6.07) is 0. The van der Waals surface area contributed by atoms with E-state index in [1.165, 1.54) is 32.1 Å². The van der Waals surface area contributed by atoms with Crippen molar-refractivity contribution in [1.82, 2.24) is 4.90 Å². The number of carbonyl (C=O) groups excluding carboxylic acids is 1. The van der Waals surface area contributed by atoms with Crippen LogP contribution < -0.4 is 0 Å². The van der Waals surface area contributed by atoms with Crippen molar-refractivity contribution in [2.45, 2.75) is 66.7 Å². The monoisotopic (exact) mass is 253 g/mol. The zero-order valence-electron chi connectivity index (χ0n) is 13.0. The van der Waals surface area contributed by atoms with Crippen molar-refractivity contribution in [2.75, 3.05) is 6.54 Å². The standard InChI is InChI=1S/C16H31NO/c1-7-9-10-11-12-14(3)16(5,6)13-17(8-2)15(4)18/h8,14H,2,7,9-13H2,1,3-6H3. The molecule has 1 atom stereocenters. The number of unbranched alkanes of at least 4 members (excludes halogenated alkanes) is 3. The molecule has 1 unspecified atom stereocenters. The lowest BCUT2D eigenvalue weighted by molar-refractivity contribution is -0.127. The third-order valence-electron chi connectivity index (χ3n) is 4.03. The SMILES string of the molecule is C=CN(CC(C)(C)C(C)CCCCCC)C(C)=O. The van der Waals surface area contributed by atoms with Gasteiger partial charge in [-0.25, -0.2) is 0 Å². The van der Waals surface area contributed by atoms with Crippen LogP contribution in [0.2, 0.25) is 0 Å². The number of hydrogen-bond donors (Lipinski definition) is 0. The maximum Gasteiger partial charge on any atom is 0.223 e. The van der Waals surface area contributed by atoms with Crippen LogP contribution in [0.15, 0.2) is 12.8 Å². The molecule has 1 amide bonds. The van der Waals surface area contributed by atoms with Crippen LogP contribution in [-0.2, 0) is 4.79 Å². The molecule has 0 rings (SSSR count). The first-order chi connectivity index (χ1) is 8.35. The Morgan fingerprint density at radius 1 is 1.33 bits per heavy atom. The summed E-state index contributed by atoms with van der Waals surface area (Å²) in [5.41, 5.74) is 0.145. The lowest BCUT2D eigenvalue weighted by Gasteiger charge is -2.35. The minimum atomic E-state index is 0.0799. The van der Waals surface area contributed by atoms with E-state index in [-0.39, 0.29) is 11.3 Å². The van der Waals surface area contributed by atoms with Crippen molar-refractivity contribution in [3.63, 3.8) is 0 Å². The van der Waals surface area contributed by atoms with Crippen molar-refractivity contribution >= 4 is 5.91 Å². The van der Waals surface area contributed by atoms with Gasteiger partial charge >= 0.3 is 0 Å². The summed E-state index contributed by atoms with van der Waals surface area (Å²) in [6.07, 6.45) is 8.14. The van der Waals surface area contributed by atoms with Crippen molar-refractivity contribution in [3.8, 4) is 0 Å². The summed E-state index contributed by atoms with van der Waals surface area (Å²) in [6.45, 7) is 15.1. The first-order valence-electron chi connectivity index (χ1n) is 7.25. The van der Waals surface area contributed by atoms with E-state index >= 15 is 0 Å². The van der Waals surface area contributed by atoms with Gasteiger partial charge in [-0.15, -0.1) is 0 Å². The van der Waals surface area contributed by atoms with Crippen LogP contribution in [-0.4, -0.2) is 17.4 Å². The van der Waals surface area contributed by atoms with E-state index in [9.17, 15) is 4.79 Å². The highest BCUT2D eigenvalue weighted by Crippen LogP contribution is 2.31. The molecule has 0 saturated carbocycles. The fourth-order valence-electron chi connectivity index (χ4n) is 2.17. The Morgan fingerprint density at radius 3 is 2.39 bits per heavy atom. The van der Waals surface area contributed by atoms with Gasteiger partial charge in [-0.1, -0.05) is 66.4 Å². The summed E-state index contributed by atoms with van der Waals surface area (Å²) >= 11 is 0. The maximum atomic E-state index is 11.4. The zero-order chi connectivity index (χ0) is 14.2. The van der Waals surface area contributed by atoms with Crippen LogP contribution in [0.5, 0.6) is 0 Å². The summed E-state index contributed by atoms with van der Waals surface area (Å²) in [7, 11) is 0. The fraction of sp³-hybridized carbons (Fsp3) is 0.812. The Kier molecular flexibility index (Phi) is 7.97. The molecule has 0 saturated heterocycles. The zero-order valence-corrected chi connectivity index (χ0v) is 13.0. The molecule has 2 nitrogen and oxygen atoms in total. The molecule has 0 aliphatic carbocycles. The van der Waals surface area contributed by atoms with Crippen molar-refractivity contribution in [1.29, 1.82) is 0 Å². The molecule has 0 fully saturated rings. The quantitative estimate of drug-likeness (QED) is 0.549. The molecule has 0 aliphatic heterocycles. The van der Waals surface area contributed by atoms with E-state index in [1.54, 1.807) is 18.0 Å². The summed E-state index contributed by atoms with van der Waals surface area (Å²) in [5, 5.41) is 0. The molecule has 0 aliphatic rings.